The first-order chi connectivity index (χ1) is 14.2. The fourth-order valence-corrected chi connectivity index (χ4v) is 4.05. The quantitative estimate of drug-likeness (QED) is 0.743. The van der Waals surface area contributed by atoms with E-state index in [1.165, 1.54) is 21.7 Å². The number of benzene rings is 1. The molecule has 1 aromatic heterocycles. The average molecular weight is 419 g/mol. The molecule has 0 fully saturated rings. The largest absolute Gasteiger partial charge is 0.391 e. The van der Waals surface area contributed by atoms with Crippen molar-refractivity contribution in [2.75, 3.05) is 5.32 Å². The first-order valence-corrected chi connectivity index (χ1v) is 9.62. The minimum Gasteiger partial charge on any atom is -0.391 e. The molecule has 30 heavy (non-hydrogen) atoms. The zero-order valence-electron chi connectivity index (χ0n) is 16.2. The molecule has 1 aromatic carbocycles. The number of hydrogen-bond acceptors (Lipinski definition) is 4. The molecule has 3 heterocycles. The maximum Gasteiger partial charge on any atom is 0.322 e. The SMILES string of the molecule is C[C@@H]1Cc2nn3c(c2CN1C(=O)Nc1ccc(F)c(C#N)c1)C(F)(F)CC[C@H](O)C3. The predicted octanol–water partition coefficient (Wildman–Crippen LogP) is 3.12. The summed E-state index contributed by atoms with van der Waals surface area (Å²) in [6.07, 6.45) is -1.12. The van der Waals surface area contributed by atoms with Gasteiger partial charge < -0.3 is 15.3 Å². The Hall–Kier alpha value is -3.06. The maximum atomic E-state index is 14.8. The van der Waals surface area contributed by atoms with Crippen LogP contribution in [-0.4, -0.2) is 38.0 Å². The van der Waals surface area contributed by atoms with Gasteiger partial charge in [0.25, 0.3) is 5.92 Å². The van der Waals surface area contributed by atoms with Crippen LogP contribution in [0.5, 0.6) is 0 Å². The lowest BCUT2D eigenvalue weighted by molar-refractivity contribution is -0.0250. The smallest absolute Gasteiger partial charge is 0.322 e. The van der Waals surface area contributed by atoms with Crippen LogP contribution in [0.2, 0.25) is 0 Å². The zero-order valence-corrected chi connectivity index (χ0v) is 16.2. The van der Waals surface area contributed by atoms with Crippen LogP contribution in [0.3, 0.4) is 0 Å². The summed E-state index contributed by atoms with van der Waals surface area (Å²) >= 11 is 0. The number of hydrogen-bond donors (Lipinski definition) is 2. The summed E-state index contributed by atoms with van der Waals surface area (Å²) in [6, 6.07) is 4.47. The molecule has 2 amide bonds. The van der Waals surface area contributed by atoms with Gasteiger partial charge in [0.2, 0.25) is 0 Å². The molecule has 0 saturated heterocycles. The second-order valence-electron chi connectivity index (χ2n) is 7.77. The normalized spacial score (nSPS) is 22.5. The van der Waals surface area contributed by atoms with Crippen LogP contribution in [0.15, 0.2) is 18.2 Å². The number of alkyl halides is 2. The Balaban J connectivity index is 1.62. The van der Waals surface area contributed by atoms with Gasteiger partial charge in [-0.25, -0.2) is 9.18 Å². The van der Waals surface area contributed by atoms with Crippen molar-refractivity contribution in [3.05, 3.63) is 46.5 Å². The maximum absolute atomic E-state index is 14.8. The van der Waals surface area contributed by atoms with E-state index in [1.807, 2.05) is 0 Å². The minimum absolute atomic E-state index is 0.00891. The summed E-state index contributed by atoms with van der Waals surface area (Å²) in [4.78, 5) is 14.2. The van der Waals surface area contributed by atoms with E-state index in [0.29, 0.717) is 17.7 Å². The number of nitrogens with zero attached hydrogens (tertiary/aromatic N) is 4. The Bertz CT molecular complexity index is 1050. The molecule has 0 unspecified atom stereocenters. The van der Waals surface area contributed by atoms with Crippen LogP contribution < -0.4 is 5.32 Å². The molecule has 0 saturated carbocycles. The van der Waals surface area contributed by atoms with Gasteiger partial charge in [-0.1, -0.05) is 0 Å². The zero-order chi connectivity index (χ0) is 21.6. The molecular weight excluding hydrogens is 399 g/mol. The van der Waals surface area contributed by atoms with Gasteiger partial charge in [0, 0.05) is 30.1 Å². The fourth-order valence-electron chi connectivity index (χ4n) is 4.05. The molecule has 158 valence electrons. The molecule has 0 aliphatic carbocycles. The molecular formula is C20H20F3N5O2. The van der Waals surface area contributed by atoms with E-state index in [4.69, 9.17) is 5.26 Å². The van der Waals surface area contributed by atoms with Crippen molar-refractivity contribution in [3.8, 4) is 6.07 Å². The van der Waals surface area contributed by atoms with E-state index in [0.717, 1.165) is 6.07 Å². The molecule has 0 bridgehead atoms. The van der Waals surface area contributed by atoms with E-state index >= 15 is 0 Å². The third-order valence-corrected chi connectivity index (χ3v) is 5.60. The van der Waals surface area contributed by atoms with Crippen molar-refractivity contribution in [2.24, 2.45) is 0 Å². The van der Waals surface area contributed by atoms with Gasteiger partial charge in [-0.15, -0.1) is 0 Å². The van der Waals surface area contributed by atoms with Crippen molar-refractivity contribution < 1.29 is 23.1 Å². The lowest BCUT2D eigenvalue weighted by Gasteiger charge is -2.33. The number of anilines is 1. The number of nitriles is 1. The third kappa shape index (κ3) is 3.50. The van der Waals surface area contributed by atoms with Crippen LogP contribution in [0.4, 0.5) is 23.7 Å². The molecule has 2 aliphatic heterocycles. The lowest BCUT2D eigenvalue weighted by Crippen LogP contribution is -2.45. The van der Waals surface area contributed by atoms with Crippen LogP contribution in [0.1, 0.15) is 42.3 Å². The molecule has 4 rings (SSSR count). The monoisotopic (exact) mass is 419 g/mol. The summed E-state index contributed by atoms with van der Waals surface area (Å²) in [5.41, 5.74) is 0.593. The van der Waals surface area contributed by atoms with Gasteiger partial charge in [-0.3, -0.25) is 4.68 Å². The Morgan fingerprint density at radius 1 is 1.43 bits per heavy atom. The summed E-state index contributed by atoms with van der Waals surface area (Å²) < 4.78 is 44.3. The summed E-state index contributed by atoms with van der Waals surface area (Å²) in [5.74, 6) is -3.85. The van der Waals surface area contributed by atoms with Crippen LogP contribution >= 0.6 is 0 Å². The Morgan fingerprint density at radius 2 is 2.20 bits per heavy atom. The standard InChI is InChI=1S/C20H20F3N5O2/c1-11-6-17-15(18-20(22,23)5-4-14(29)9-28(18)26-17)10-27(11)19(30)25-13-2-3-16(21)12(7-13)8-24/h2-3,7,11,14,29H,4-6,9-10H2,1H3,(H,25,30)/t11-,14+/m1/s1. The van der Waals surface area contributed by atoms with E-state index in [-0.39, 0.29) is 42.5 Å². The number of amides is 2. The van der Waals surface area contributed by atoms with E-state index in [2.05, 4.69) is 10.4 Å². The number of halogens is 3. The number of aliphatic hydroxyl groups excluding tert-OH is 1. The molecule has 2 N–H and O–H groups in total. The molecule has 0 spiro atoms. The molecule has 2 aliphatic rings. The Morgan fingerprint density at radius 3 is 2.93 bits per heavy atom. The average Bonchev–Trinajstić information content (AvgIpc) is 2.99. The third-order valence-electron chi connectivity index (χ3n) is 5.60. The van der Waals surface area contributed by atoms with Crippen LogP contribution in [0, 0.1) is 17.1 Å². The number of nitrogens with one attached hydrogen (secondary N) is 1. The Kier molecular flexibility index (Phi) is 4.94. The second kappa shape index (κ2) is 7.32. The molecule has 10 heteroatoms. The number of aromatic nitrogens is 2. The fraction of sp³-hybridized carbons (Fsp3) is 0.450. The molecule has 2 aromatic rings. The highest BCUT2D eigenvalue weighted by Gasteiger charge is 2.44. The molecule has 0 radical (unpaired) electrons. The number of aliphatic hydroxyl groups is 1. The molecule has 7 nitrogen and oxygen atoms in total. The first-order valence-electron chi connectivity index (χ1n) is 9.62. The van der Waals surface area contributed by atoms with Gasteiger partial charge in [-0.2, -0.15) is 19.1 Å². The van der Waals surface area contributed by atoms with Crippen molar-refractivity contribution in [2.45, 2.75) is 57.3 Å². The topological polar surface area (TPSA) is 94.2 Å². The van der Waals surface area contributed by atoms with Crippen LogP contribution in [0.25, 0.3) is 0 Å². The number of carbonyl (C=O) groups is 1. The highest BCUT2D eigenvalue weighted by Crippen LogP contribution is 2.41. The van der Waals surface area contributed by atoms with Gasteiger partial charge in [0.15, 0.2) is 0 Å². The van der Waals surface area contributed by atoms with E-state index in [1.54, 1.807) is 13.0 Å². The van der Waals surface area contributed by atoms with Crippen molar-refractivity contribution in [1.29, 1.82) is 5.26 Å². The number of carbonyl (C=O) groups excluding carboxylic acids is 1. The van der Waals surface area contributed by atoms with Crippen molar-refractivity contribution in [3.63, 3.8) is 0 Å². The summed E-state index contributed by atoms with van der Waals surface area (Å²) in [7, 11) is 0. The van der Waals surface area contributed by atoms with E-state index < -0.39 is 30.3 Å². The number of rotatable bonds is 1. The highest BCUT2D eigenvalue weighted by molar-refractivity contribution is 5.90. The Labute approximate surface area is 170 Å². The van der Waals surface area contributed by atoms with E-state index in [9.17, 15) is 23.1 Å². The highest BCUT2D eigenvalue weighted by atomic mass is 19.3. The second-order valence-corrected chi connectivity index (χ2v) is 7.77. The molecule has 2 atom stereocenters. The van der Waals surface area contributed by atoms with Crippen molar-refractivity contribution in [1.82, 2.24) is 14.7 Å². The number of fused-ring (bicyclic) bond motifs is 3. The van der Waals surface area contributed by atoms with Gasteiger partial charge >= 0.3 is 6.03 Å². The summed E-state index contributed by atoms with van der Waals surface area (Å²) in [6.45, 7) is 1.71. The van der Waals surface area contributed by atoms with Gasteiger partial charge in [-0.05, 0) is 31.5 Å². The number of urea groups is 1. The minimum atomic E-state index is -3.15. The van der Waals surface area contributed by atoms with Crippen molar-refractivity contribution >= 4 is 11.7 Å². The predicted molar refractivity (Wildman–Crippen MR) is 100 cm³/mol. The van der Waals surface area contributed by atoms with Crippen LogP contribution in [-0.2, 0) is 25.4 Å². The summed E-state index contributed by atoms with van der Waals surface area (Å²) in [5, 5.41) is 25.8. The lowest BCUT2D eigenvalue weighted by atomic mass is 9.96. The van der Waals surface area contributed by atoms with Gasteiger partial charge in [0.1, 0.15) is 17.6 Å². The first kappa shape index (κ1) is 20.2. The van der Waals surface area contributed by atoms with Gasteiger partial charge in [0.05, 0.1) is 30.5 Å².